The van der Waals surface area contributed by atoms with Gasteiger partial charge in [0.25, 0.3) is 0 Å². The average molecular weight is 241 g/mol. The molecule has 0 bridgehead atoms. The SMILES string of the molecule is C[Si]CCCC(Cl)(Cl)OC(C)(C)C. The van der Waals surface area contributed by atoms with E-state index in [0.29, 0.717) is 6.42 Å². The Balaban J connectivity index is 3.80. The number of alkyl halides is 2. The van der Waals surface area contributed by atoms with Crippen LogP contribution in [0, 0.1) is 0 Å². The second-order valence-corrected chi connectivity index (χ2v) is 6.68. The summed E-state index contributed by atoms with van der Waals surface area (Å²) in [5.74, 6) is 0. The zero-order valence-corrected chi connectivity index (χ0v) is 11.3. The van der Waals surface area contributed by atoms with Crippen molar-refractivity contribution in [3.63, 3.8) is 0 Å². The second kappa shape index (κ2) is 5.59. The Kier molecular flexibility index (Phi) is 5.92. The van der Waals surface area contributed by atoms with Gasteiger partial charge in [-0.2, -0.15) is 0 Å². The first-order valence-corrected chi connectivity index (χ1v) is 6.96. The van der Waals surface area contributed by atoms with Crippen LogP contribution in [0.2, 0.25) is 12.6 Å². The summed E-state index contributed by atoms with van der Waals surface area (Å²) in [7, 11) is 0.959. The molecule has 0 spiro atoms. The van der Waals surface area contributed by atoms with Crippen LogP contribution in [0.3, 0.4) is 0 Å². The van der Waals surface area contributed by atoms with Crippen molar-refractivity contribution in [1.82, 2.24) is 0 Å². The third-order valence-electron chi connectivity index (χ3n) is 1.35. The van der Waals surface area contributed by atoms with E-state index in [1.165, 1.54) is 6.04 Å². The molecule has 0 aliphatic heterocycles. The summed E-state index contributed by atoms with van der Waals surface area (Å²) in [6.07, 6.45) is 1.73. The fourth-order valence-electron chi connectivity index (χ4n) is 0.970. The normalized spacial score (nSPS) is 13.4. The Morgan fingerprint density at radius 1 is 1.23 bits per heavy atom. The molecule has 2 radical (unpaired) electrons. The van der Waals surface area contributed by atoms with Crippen LogP contribution in [0.1, 0.15) is 33.6 Å². The summed E-state index contributed by atoms with van der Waals surface area (Å²) in [6.45, 7) is 8.03. The van der Waals surface area contributed by atoms with Gasteiger partial charge in [0.15, 0.2) is 0 Å². The molecule has 78 valence electrons. The lowest BCUT2D eigenvalue weighted by Gasteiger charge is -2.29. The van der Waals surface area contributed by atoms with Gasteiger partial charge in [-0.1, -0.05) is 42.2 Å². The van der Waals surface area contributed by atoms with E-state index in [2.05, 4.69) is 6.55 Å². The lowest BCUT2D eigenvalue weighted by Crippen LogP contribution is -2.30. The fourth-order valence-corrected chi connectivity index (χ4v) is 2.23. The molecule has 0 aromatic rings. The molecule has 0 rings (SSSR count). The summed E-state index contributed by atoms with van der Waals surface area (Å²) < 4.78 is 4.49. The van der Waals surface area contributed by atoms with Crippen molar-refractivity contribution in [2.75, 3.05) is 0 Å². The summed E-state index contributed by atoms with van der Waals surface area (Å²) in [4.78, 5) is 0. The minimum Gasteiger partial charge on any atom is -0.341 e. The molecule has 0 saturated carbocycles. The molecule has 13 heavy (non-hydrogen) atoms. The minimum absolute atomic E-state index is 0.280. The third-order valence-corrected chi connectivity index (χ3v) is 2.74. The molecule has 0 fully saturated rings. The Hall–Kier alpha value is 0.757. The Labute approximate surface area is 94.0 Å². The van der Waals surface area contributed by atoms with Gasteiger partial charge in [0, 0.05) is 15.9 Å². The first-order valence-electron chi connectivity index (χ1n) is 4.49. The van der Waals surface area contributed by atoms with Gasteiger partial charge in [0.05, 0.1) is 5.60 Å². The van der Waals surface area contributed by atoms with E-state index < -0.39 is 4.52 Å². The van der Waals surface area contributed by atoms with Gasteiger partial charge < -0.3 is 4.74 Å². The first kappa shape index (κ1) is 13.8. The highest BCUT2D eigenvalue weighted by Crippen LogP contribution is 2.33. The molecule has 0 amide bonds. The van der Waals surface area contributed by atoms with E-state index in [1.807, 2.05) is 20.8 Å². The zero-order chi connectivity index (χ0) is 10.5. The summed E-state index contributed by atoms with van der Waals surface area (Å²) in [6, 6.07) is 1.18. The first-order chi connectivity index (χ1) is 5.77. The van der Waals surface area contributed by atoms with Gasteiger partial charge in [-0.25, -0.2) is 0 Å². The van der Waals surface area contributed by atoms with Crippen LogP contribution >= 0.6 is 23.2 Å². The van der Waals surface area contributed by atoms with Crippen molar-refractivity contribution in [2.45, 2.75) is 56.3 Å². The molecule has 0 N–H and O–H groups in total. The van der Waals surface area contributed by atoms with Crippen molar-refractivity contribution in [2.24, 2.45) is 0 Å². The summed E-state index contributed by atoms with van der Waals surface area (Å²) >= 11 is 12.0. The minimum atomic E-state index is -1.02. The van der Waals surface area contributed by atoms with E-state index in [0.717, 1.165) is 15.9 Å². The van der Waals surface area contributed by atoms with Crippen LogP contribution in [-0.4, -0.2) is 19.6 Å². The number of rotatable bonds is 5. The van der Waals surface area contributed by atoms with Gasteiger partial charge in [-0.15, -0.1) is 0 Å². The average Bonchev–Trinajstić information content (AvgIpc) is 1.81. The number of hydrogen-bond donors (Lipinski definition) is 0. The Morgan fingerprint density at radius 3 is 2.15 bits per heavy atom. The van der Waals surface area contributed by atoms with E-state index in [1.54, 1.807) is 0 Å². The molecule has 0 aliphatic rings. The maximum atomic E-state index is 6.00. The highest BCUT2D eigenvalue weighted by atomic mass is 35.5. The molecular weight excluding hydrogens is 223 g/mol. The Bertz CT molecular complexity index is 143. The maximum Gasteiger partial charge on any atom is 0.217 e. The highest BCUT2D eigenvalue weighted by Gasteiger charge is 2.29. The monoisotopic (exact) mass is 240 g/mol. The van der Waals surface area contributed by atoms with Crippen LogP contribution < -0.4 is 0 Å². The van der Waals surface area contributed by atoms with Crippen molar-refractivity contribution >= 4 is 32.7 Å². The van der Waals surface area contributed by atoms with E-state index in [-0.39, 0.29) is 5.60 Å². The predicted octanol–water partition coefficient (Wildman–Crippen LogP) is 3.88. The predicted molar refractivity (Wildman–Crippen MR) is 60.9 cm³/mol. The van der Waals surface area contributed by atoms with E-state index in [4.69, 9.17) is 27.9 Å². The van der Waals surface area contributed by atoms with Gasteiger partial charge in [-0.3, -0.25) is 0 Å². The third kappa shape index (κ3) is 9.07. The van der Waals surface area contributed by atoms with E-state index >= 15 is 0 Å². The van der Waals surface area contributed by atoms with Crippen molar-refractivity contribution in [3.8, 4) is 0 Å². The molecule has 0 saturated heterocycles. The molecule has 4 heteroatoms. The number of hydrogen-bond acceptors (Lipinski definition) is 1. The van der Waals surface area contributed by atoms with Gasteiger partial charge >= 0.3 is 0 Å². The quantitative estimate of drug-likeness (QED) is 0.403. The smallest absolute Gasteiger partial charge is 0.217 e. The molecule has 0 unspecified atom stereocenters. The standard InChI is InChI=1S/C9H18Cl2OSi/c1-8(2,3)12-9(10,11)6-5-7-13-4/h5-7H2,1-4H3. The zero-order valence-electron chi connectivity index (χ0n) is 8.79. The molecule has 0 aromatic heterocycles. The molecule has 0 atom stereocenters. The summed E-state index contributed by atoms with van der Waals surface area (Å²) in [5.41, 5.74) is -0.280. The van der Waals surface area contributed by atoms with Crippen LogP contribution in [0.4, 0.5) is 0 Å². The molecule has 1 nitrogen and oxygen atoms in total. The van der Waals surface area contributed by atoms with Gasteiger partial charge in [0.2, 0.25) is 4.52 Å². The van der Waals surface area contributed by atoms with Crippen molar-refractivity contribution in [1.29, 1.82) is 0 Å². The number of halogens is 2. The largest absolute Gasteiger partial charge is 0.341 e. The van der Waals surface area contributed by atoms with Crippen molar-refractivity contribution < 1.29 is 4.74 Å². The molecule has 0 heterocycles. The van der Waals surface area contributed by atoms with Gasteiger partial charge in [-0.05, 0) is 20.8 Å². The topological polar surface area (TPSA) is 9.23 Å². The van der Waals surface area contributed by atoms with Crippen LogP contribution in [0.15, 0.2) is 0 Å². The molecular formula is C9H18Cl2OSi. The fraction of sp³-hybridized carbons (Fsp3) is 1.00. The van der Waals surface area contributed by atoms with Crippen LogP contribution in [0.5, 0.6) is 0 Å². The van der Waals surface area contributed by atoms with E-state index in [9.17, 15) is 0 Å². The van der Waals surface area contributed by atoms with Gasteiger partial charge in [0.1, 0.15) is 0 Å². The lowest BCUT2D eigenvalue weighted by atomic mass is 10.2. The lowest BCUT2D eigenvalue weighted by molar-refractivity contribution is -0.0470. The highest BCUT2D eigenvalue weighted by molar-refractivity contribution is 6.47. The molecule has 0 aromatic carbocycles. The van der Waals surface area contributed by atoms with Crippen molar-refractivity contribution in [3.05, 3.63) is 0 Å². The van der Waals surface area contributed by atoms with Crippen LogP contribution in [-0.2, 0) is 4.74 Å². The maximum absolute atomic E-state index is 6.00. The number of ether oxygens (including phenoxy) is 1. The second-order valence-electron chi connectivity index (χ2n) is 4.06. The molecule has 0 aliphatic carbocycles. The Morgan fingerprint density at radius 2 is 1.77 bits per heavy atom. The summed E-state index contributed by atoms with van der Waals surface area (Å²) in [5, 5.41) is 0. The van der Waals surface area contributed by atoms with Crippen LogP contribution in [0.25, 0.3) is 0 Å².